The Hall–Kier alpha value is -1.40. The van der Waals surface area contributed by atoms with Crippen LogP contribution in [-0.2, 0) is 37.9 Å². The minimum Gasteiger partial charge on any atom is -0.0622 e. The number of hydrogen-bond acceptors (Lipinski definition) is 1. The molecule has 3 aromatic carbocycles. The predicted molar refractivity (Wildman–Crippen MR) is 128 cm³/mol. The summed E-state index contributed by atoms with van der Waals surface area (Å²) in [6.45, 7) is 13.3. The van der Waals surface area contributed by atoms with Crippen LogP contribution in [0.15, 0.2) is 91.0 Å². The third-order valence-corrected chi connectivity index (χ3v) is 9.15. The summed E-state index contributed by atoms with van der Waals surface area (Å²) in [5.41, 5.74) is 0. The van der Waals surface area contributed by atoms with Gasteiger partial charge in [0.2, 0.25) is 0 Å². The molecule has 1 radical (unpaired) electrons. The zero-order chi connectivity index (χ0) is 21.9. The summed E-state index contributed by atoms with van der Waals surface area (Å²) in [7, 11) is -0.446. The Labute approximate surface area is 198 Å². The summed E-state index contributed by atoms with van der Waals surface area (Å²) in [6, 6.07) is 32.3. The summed E-state index contributed by atoms with van der Waals surface area (Å²) < 4.78 is 15.0. The molecule has 0 heterocycles. The van der Waals surface area contributed by atoms with E-state index in [-0.39, 0.29) is 23.5 Å². The largest absolute Gasteiger partial charge is 0.0622 e. The monoisotopic (exact) mass is 498 g/mol. The van der Waals surface area contributed by atoms with Gasteiger partial charge in [0, 0.05) is 16.8 Å². The number of benzene rings is 3. The Bertz CT molecular complexity index is 735. The molecule has 0 saturated heterocycles. The molecular weight excluding hydrogens is 473 g/mol. The van der Waals surface area contributed by atoms with E-state index in [1.54, 1.807) is 0 Å². The van der Waals surface area contributed by atoms with Crippen LogP contribution in [0.25, 0.3) is 0 Å². The van der Waals surface area contributed by atoms with Gasteiger partial charge in [-0.3, -0.25) is 0 Å². The maximum atomic E-state index is 7.50. The molecule has 30 heavy (non-hydrogen) atoms. The van der Waals surface area contributed by atoms with Crippen LogP contribution in [0.1, 0.15) is 13.8 Å². The third-order valence-electron chi connectivity index (χ3n) is 3.75. The van der Waals surface area contributed by atoms with E-state index < -0.39 is 7.92 Å². The van der Waals surface area contributed by atoms with Crippen LogP contribution < -0.4 is 15.9 Å². The molecule has 0 aliphatic heterocycles. The van der Waals surface area contributed by atoms with Crippen LogP contribution >= 0.6 is 14.6 Å². The first-order valence-electron chi connectivity index (χ1n) is 9.04. The van der Waals surface area contributed by atoms with Gasteiger partial charge in [0.1, 0.15) is 12.3 Å². The van der Waals surface area contributed by atoms with Crippen LogP contribution in [0.5, 0.6) is 0 Å². The van der Waals surface area contributed by atoms with Gasteiger partial charge in [-0.15, -0.1) is 0 Å². The van der Waals surface area contributed by atoms with Crippen molar-refractivity contribution in [2.24, 2.45) is 0 Å². The van der Waals surface area contributed by atoms with E-state index in [0.29, 0.717) is 0 Å². The van der Waals surface area contributed by atoms with E-state index in [0.717, 1.165) is 0 Å². The fourth-order valence-corrected chi connectivity index (χ4v) is 5.15. The molecule has 0 aliphatic carbocycles. The molecular formula is C24H25CoO2P2S+. The first kappa shape index (κ1) is 30.8. The molecule has 0 unspecified atom stereocenters. The van der Waals surface area contributed by atoms with Crippen molar-refractivity contribution in [2.75, 3.05) is 12.3 Å². The van der Waals surface area contributed by atoms with Gasteiger partial charge in [-0.05, 0) is 37.7 Å². The summed E-state index contributed by atoms with van der Waals surface area (Å²) in [4.78, 5) is 0. The van der Waals surface area contributed by atoms with Gasteiger partial charge >= 0.3 is 22.6 Å². The quantitative estimate of drug-likeness (QED) is 0.266. The summed E-state index contributed by atoms with van der Waals surface area (Å²) in [6.07, 6.45) is 2.42. The molecule has 0 saturated carbocycles. The number of hydrogen-bond donors (Lipinski definition) is 0. The second kappa shape index (κ2) is 20.9. The molecule has 3 aromatic rings. The van der Waals surface area contributed by atoms with Crippen molar-refractivity contribution in [3.8, 4) is 0 Å². The van der Waals surface area contributed by atoms with Gasteiger partial charge in [0.25, 0.3) is 0 Å². The van der Waals surface area contributed by atoms with Gasteiger partial charge in [-0.1, -0.05) is 91.0 Å². The van der Waals surface area contributed by atoms with Crippen LogP contribution in [0, 0.1) is 13.3 Å². The number of rotatable bonds is 5. The second-order valence-corrected chi connectivity index (χ2v) is 11.5. The minimum absolute atomic E-state index is 0. The fraction of sp³-hybridized carbons (Fsp3) is 0.167. The smallest absolute Gasteiger partial charge is 0 e. The summed E-state index contributed by atoms with van der Waals surface area (Å²) in [5.74, 6) is 0. The molecule has 0 atom stereocenters. The minimum atomic E-state index is -0.446. The van der Waals surface area contributed by atoms with E-state index in [1.807, 2.05) is 0 Å². The van der Waals surface area contributed by atoms with Crippen molar-refractivity contribution in [3.05, 3.63) is 104 Å². The van der Waals surface area contributed by atoms with Crippen LogP contribution in [-0.4, -0.2) is 12.3 Å². The molecule has 2 nitrogen and oxygen atoms in total. The van der Waals surface area contributed by atoms with Crippen LogP contribution in [0.4, 0.5) is 0 Å². The van der Waals surface area contributed by atoms with E-state index in [4.69, 9.17) is 21.1 Å². The molecule has 0 bridgehead atoms. The first-order chi connectivity index (χ1) is 14.3. The molecule has 6 heteroatoms. The Balaban J connectivity index is 0. The molecule has 0 N–H and O–H groups in total. The van der Waals surface area contributed by atoms with Gasteiger partial charge in [-0.2, -0.15) is 0 Å². The van der Waals surface area contributed by atoms with Crippen molar-refractivity contribution in [2.45, 2.75) is 13.8 Å². The molecule has 3 rings (SSSR count). The molecule has 157 valence electrons. The molecule has 0 aromatic heterocycles. The molecule has 0 aliphatic rings. The first-order valence-corrected chi connectivity index (χ1v) is 13.1. The molecule has 0 fully saturated rings. The maximum Gasteiger partial charge on any atom is 0 e. The molecule has 0 amide bonds. The predicted octanol–water partition coefficient (Wildman–Crippen LogP) is 5.34. The van der Waals surface area contributed by atoms with Crippen molar-refractivity contribution >= 4 is 42.3 Å². The summed E-state index contributed by atoms with van der Waals surface area (Å²) >= 11 is 5.00. The van der Waals surface area contributed by atoms with Gasteiger partial charge in [0.15, 0.2) is 18.5 Å². The Morgan fingerprint density at radius 1 is 0.633 bits per heavy atom. The SMILES string of the molecule is CC[P+](=S)CC.[C-]#[O+].[C-]#[O+].[Co].c1ccc(P(c2ccccc2)c2ccccc2)cc1. The average molecular weight is 498 g/mol. The Kier molecular flexibility index (Phi) is 21.4. The standard InChI is InChI=1S/C18H15P.C4H10PS.2CO.Co/c1-4-10-16(11-5-1)19(17-12-6-2-7-13-17)18-14-8-3-9-15-18;1-3-5(6)4-2;2*1-2;/h1-15H;3-4H2,1-2H3;;;/q;+1;;;. The van der Waals surface area contributed by atoms with Crippen LogP contribution in [0.3, 0.4) is 0 Å². The fourth-order valence-electron chi connectivity index (χ4n) is 2.40. The summed E-state index contributed by atoms with van der Waals surface area (Å²) in [5, 5.41) is 4.19. The van der Waals surface area contributed by atoms with Gasteiger partial charge in [-0.25, -0.2) is 0 Å². The zero-order valence-corrected chi connectivity index (χ0v) is 20.7. The van der Waals surface area contributed by atoms with Crippen molar-refractivity contribution in [1.82, 2.24) is 0 Å². The van der Waals surface area contributed by atoms with E-state index in [2.05, 4.69) is 118 Å². The van der Waals surface area contributed by atoms with Crippen molar-refractivity contribution in [1.29, 1.82) is 0 Å². The zero-order valence-electron chi connectivity index (χ0n) is 17.0. The van der Waals surface area contributed by atoms with Crippen molar-refractivity contribution in [3.63, 3.8) is 0 Å². The van der Waals surface area contributed by atoms with Gasteiger partial charge < -0.3 is 0 Å². The normalized spacial score (nSPS) is 8.50. The van der Waals surface area contributed by atoms with E-state index >= 15 is 0 Å². The third kappa shape index (κ3) is 11.7. The topological polar surface area (TPSA) is 39.8 Å². The van der Waals surface area contributed by atoms with Crippen LogP contribution in [0.2, 0.25) is 0 Å². The second-order valence-electron chi connectivity index (χ2n) is 5.46. The Morgan fingerprint density at radius 3 is 1.03 bits per heavy atom. The average Bonchev–Trinajstić information content (AvgIpc) is 2.84. The van der Waals surface area contributed by atoms with Gasteiger partial charge in [0.05, 0.1) is 0 Å². The maximum absolute atomic E-state index is 7.50. The van der Waals surface area contributed by atoms with Crippen molar-refractivity contribution < 1.29 is 26.1 Å². The van der Waals surface area contributed by atoms with E-state index in [1.165, 1.54) is 28.2 Å². The Morgan fingerprint density at radius 2 is 0.867 bits per heavy atom. The van der Waals surface area contributed by atoms with E-state index in [9.17, 15) is 0 Å². The molecule has 0 spiro atoms.